The van der Waals surface area contributed by atoms with Crippen molar-refractivity contribution in [3.63, 3.8) is 0 Å². The number of H-pyrrole nitrogens is 1. The third-order valence-corrected chi connectivity index (χ3v) is 8.64. The van der Waals surface area contributed by atoms with Crippen LogP contribution in [0.1, 0.15) is 49.2 Å². The van der Waals surface area contributed by atoms with Gasteiger partial charge in [0, 0.05) is 46.6 Å². The Balaban J connectivity index is 0.000000765. The summed E-state index contributed by atoms with van der Waals surface area (Å²) in [6, 6.07) is 16.1. The van der Waals surface area contributed by atoms with E-state index in [2.05, 4.69) is 37.1 Å². The van der Waals surface area contributed by atoms with Gasteiger partial charge in [-0.2, -0.15) is 4.98 Å². The van der Waals surface area contributed by atoms with Gasteiger partial charge in [-0.15, -0.1) is 0 Å². The van der Waals surface area contributed by atoms with Crippen LogP contribution in [-0.2, 0) is 22.7 Å². The number of halogens is 2. The van der Waals surface area contributed by atoms with Gasteiger partial charge in [0.2, 0.25) is 18.2 Å². The number of piperidine rings is 1. The van der Waals surface area contributed by atoms with E-state index in [0.717, 1.165) is 60.7 Å². The van der Waals surface area contributed by atoms with Crippen molar-refractivity contribution in [2.75, 3.05) is 25.4 Å². The summed E-state index contributed by atoms with van der Waals surface area (Å²) in [5.74, 6) is 1.69. The predicted octanol–water partition coefficient (Wildman–Crippen LogP) is 5.95. The molecule has 2 fully saturated rings. The highest BCUT2D eigenvalue weighted by molar-refractivity contribution is 6.30. The van der Waals surface area contributed by atoms with Crippen molar-refractivity contribution < 1.29 is 18.7 Å². The molecular weight excluding hydrogens is 649 g/mol. The lowest BCUT2D eigenvalue weighted by Gasteiger charge is -2.31. The van der Waals surface area contributed by atoms with Gasteiger partial charge in [0.25, 0.3) is 0 Å². The van der Waals surface area contributed by atoms with Crippen LogP contribution in [0.25, 0.3) is 22.2 Å². The number of fused-ring (bicyclic) bond motifs is 1. The van der Waals surface area contributed by atoms with E-state index < -0.39 is 5.82 Å². The van der Waals surface area contributed by atoms with Crippen LogP contribution in [-0.4, -0.2) is 68.4 Å². The van der Waals surface area contributed by atoms with Crippen LogP contribution in [0.3, 0.4) is 0 Å². The number of amides is 1. The molecule has 254 valence electrons. The van der Waals surface area contributed by atoms with Gasteiger partial charge in [-0.05, 0) is 75.2 Å². The van der Waals surface area contributed by atoms with Gasteiger partial charge in [-0.3, -0.25) is 9.69 Å². The summed E-state index contributed by atoms with van der Waals surface area (Å²) in [6.45, 7) is 5.64. The molecule has 0 unspecified atom stereocenters. The maximum atomic E-state index is 14.1. The van der Waals surface area contributed by atoms with Gasteiger partial charge in [0.05, 0.1) is 30.0 Å². The number of ether oxygens (including phenoxy) is 2. The van der Waals surface area contributed by atoms with Crippen LogP contribution in [0.5, 0.6) is 5.88 Å². The van der Waals surface area contributed by atoms with Crippen LogP contribution in [0.15, 0.2) is 65.8 Å². The molecule has 7 rings (SSSR count). The number of nitrogens with two attached hydrogens (primary N) is 1. The number of aliphatic imine (C=N–C) groups is 1. The third kappa shape index (κ3) is 8.93. The number of carbonyl (C=O) groups is 1. The molecule has 2 aromatic carbocycles. The first-order valence-corrected chi connectivity index (χ1v) is 16.4. The van der Waals surface area contributed by atoms with Crippen molar-refractivity contribution >= 4 is 47.1 Å². The number of aromatic amines is 1. The summed E-state index contributed by atoms with van der Waals surface area (Å²) >= 11 is 5.85. The first kappa shape index (κ1) is 33.9. The first-order chi connectivity index (χ1) is 23.8. The number of rotatable bonds is 10. The number of benzene rings is 2. The zero-order chi connectivity index (χ0) is 34.2. The molecule has 5 heterocycles. The molecule has 1 atom stereocenters. The van der Waals surface area contributed by atoms with E-state index in [1.54, 1.807) is 24.4 Å². The standard InChI is InChI=1S/C31H29ClFN9O2.C4H8O/c32-22-6-4-21(24(33)13-22)16-44-29-3-1-2-25(40-29)19-8-10-42(11-9-19)15-28-38-26-7-5-20(12-27(26)39-28)23-14-36-31(34)41-30(23)37-17-35-18-43;1-4-2-3-5-4/h1-7,12-14,17-19H,8-11,15-16H2,(H,38,39)(H3,34,35,36,37,41,43);4H,2-3H2,1H3/t;4-/m.1/s1. The Morgan fingerprint density at radius 2 is 1.96 bits per heavy atom. The average molecular weight is 686 g/mol. The largest absolute Gasteiger partial charge is 0.473 e. The van der Waals surface area contributed by atoms with Gasteiger partial charge in [0.15, 0.2) is 5.82 Å². The molecule has 3 aromatic heterocycles. The topological polar surface area (TPSA) is 157 Å². The Kier molecular flexibility index (Phi) is 11.0. The summed E-state index contributed by atoms with van der Waals surface area (Å²) in [6.07, 6.45) is 7.11. The fraction of sp³-hybridized carbons (Fsp3) is 0.314. The molecule has 14 heteroatoms. The molecule has 2 aliphatic heterocycles. The molecule has 1 amide bonds. The Labute approximate surface area is 288 Å². The number of nitrogens with one attached hydrogen (secondary N) is 2. The minimum Gasteiger partial charge on any atom is -0.473 e. The number of nitrogens with zero attached hydrogens (tertiary/aromatic N) is 6. The van der Waals surface area contributed by atoms with Gasteiger partial charge in [-0.1, -0.05) is 29.8 Å². The highest BCUT2D eigenvalue weighted by Crippen LogP contribution is 2.31. The molecule has 0 bridgehead atoms. The van der Waals surface area contributed by atoms with E-state index >= 15 is 0 Å². The van der Waals surface area contributed by atoms with Crippen LogP contribution in [0.2, 0.25) is 5.02 Å². The summed E-state index contributed by atoms with van der Waals surface area (Å²) in [5, 5.41) is 2.73. The fourth-order valence-corrected chi connectivity index (χ4v) is 5.76. The molecule has 49 heavy (non-hydrogen) atoms. The Morgan fingerprint density at radius 3 is 2.69 bits per heavy atom. The van der Waals surface area contributed by atoms with Crippen molar-refractivity contribution in [2.24, 2.45) is 4.99 Å². The molecule has 0 spiro atoms. The number of anilines is 1. The number of likely N-dealkylation sites (tertiary alicyclic amines) is 1. The molecule has 0 saturated carbocycles. The van der Waals surface area contributed by atoms with Gasteiger partial charge in [0.1, 0.15) is 18.2 Å². The minimum atomic E-state index is -0.397. The Morgan fingerprint density at radius 1 is 1.14 bits per heavy atom. The third-order valence-electron chi connectivity index (χ3n) is 8.40. The van der Waals surface area contributed by atoms with Crippen molar-refractivity contribution in [3.05, 3.63) is 88.7 Å². The molecule has 0 aliphatic carbocycles. The molecule has 0 radical (unpaired) electrons. The molecule has 5 aromatic rings. The number of pyridine rings is 1. The molecule has 4 N–H and O–H groups in total. The summed E-state index contributed by atoms with van der Waals surface area (Å²) < 4.78 is 24.8. The number of aromatic nitrogens is 5. The number of nitrogen functional groups attached to an aromatic ring is 1. The normalized spacial score (nSPS) is 16.6. The monoisotopic (exact) mass is 685 g/mol. The van der Waals surface area contributed by atoms with Gasteiger partial charge in [-0.25, -0.2) is 24.3 Å². The highest BCUT2D eigenvalue weighted by atomic mass is 35.5. The lowest BCUT2D eigenvalue weighted by Crippen LogP contribution is -2.33. The van der Waals surface area contributed by atoms with Gasteiger partial charge < -0.3 is 25.5 Å². The zero-order valence-corrected chi connectivity index (χ0v) is 27.7. The van der Waals surface area contributed by atoms with Crippen molar-refractivity contribution in [3.8, 4) is 17.0 Å². The molecule has 12 nitrogen and oxygen atoms in total. The first-order valence-electron chi connectivity index (χ1n) is 16.1. The minimum absolute atomic E-state index is 0.0820. The number of imidazole rings is 1. The van der Waals surface area contributed by atoms with E-state index in [0.29, 0.717) is 52.8 Å². The Bertz CT molecular complexity index is 1930. The summed E-state index contributed by atoms with van der Waals surface area (Å²) in [7, 11) is 0. The number of carbonyl (C=O) groups excluding carboxylic acids is 1. The van der Waals surface area contributed by atoms with Crippen LogP contribution in [0, 0.1) is 5.82 Å². The van der Waals surface area contributed by atoms with E-state index in [-0.39, 0.29) is 12.6 Å². The van der Waals surface area contributed by atoms with E-state index in [9.17, 15) is 9.18 Å². The van der Waals surface area contributed by atoms with Crippen molar-refractivity contribution in [1.82, 2.24) is 35.1 Å². The highest BCUT2D eigenvalue weighted by Gasteiger charge is 2.23. The van der Waals surface area contributed by atoms with Crippen LogP contribution >= 0.6 is 11.6 Å². The summed E-state index contributed by atoms with van der Waals surface area (Å²) in [4.78, 5) is 38.4. The second kappa shape index (κ2) is 15.9. The van der Waals surface area contributed by atoms with E-state index in [4.69, 9.17) is 36.8 Å². The van der Waals surface area contributed by atoms with E-state index in [1.165, 1.54) is 18.8 Å². The Hall–Kier alpha value is -4.98. The predicted molar refractivity (Wildman–Crippen MR) is 186 cm³/mol. The fourth-order valence-electron chi connectivity index (χ4n) is 5.60. The van der Waals surface area contributed by atoms with Gasteiger partial charge >= 0.3 is 0 Å². The van der Waals surface area contributed by atoms with Crippen molar-refractivity contribution in [2.45, 2.75) is 51.4 Å². The number of hydrogen-bond donors (Lipinski definition) is 3. The molecular formula is C35H37ClFN9O3. The molecule has 2 saturated heterocycles. The quantitative estimate of drug-likeness (QED) is 0.0918. The number of hydrogen-bond acceptors (Lipinski definition) is 10. The van der Waals surface area contributed by atoms with E-state index in [1.807, 2.05) is 30.3 Å². The van der Waals surface area contributed by atoms with Crippen LogP contribution < -0.4 is 15.8 Å². The maximum absolute atomic E-state index is 14.1. The van der Waals surface area contributed by atoms with Crippen LogP contribution in [0.4, 0.5) is 16.2 Å². The second-order valence-corrected chi connectivity index (χ2v) is 12.3. The zero-order valence-electron chi connectivity index (χ0n) is 27.0. The SMILES string of the molecule is C[C@@H]1CCO1.Nc1ncc(-c2ccc3nc(CN4CCC(c5cccc(OCc6ccc(Cl)cc6F)n5)CC4)[nH]c3c2)c(N=CNC=O)n1. The summed E-state index contributed by atoms with van der Waals surface area (Å²) in [5.41, 5.74) is 10.4. The second-order valence-electron chi connectivity index (χ2n) is 11.9. The maximum Gasteiger partial charge on any atom is 0.222 e. The smallest absolute Gasteiger partial charge is 0.222 e. The lowest BCUT2D eigenvalue weighted by atomic mass is 9.93. The lowest BCUT2D eigenvalue weighted by molar-refractivity contribution is -0.108. The molecule has 2 aliphatic rings. The van der Waals surface area contributed by atoms with Crippen molar-refractivity contribution in [1.29, 1.82) is 0 Å². The average Bonchev–Trinajstić information content (AvgIpc) is 3.49.